The molecule has 0 atom stereocenters. The molecule has 0 saturated heterocycles. The fraction of sp³-hybridized carbons (Fsp3) is 0.304. The molecule has 2 heterocycles. The zero-order chi connectivity index (χ0) is 21.4. The minimum absolute atomic E-state index is 0.111. The van der Waals surface area contributed by atoms with E-state index in [1.165, 1.54) is 6.08 Å². The van der Waals surface area contributed by atoms with Crippen molar-refractivity contribution in [3.05, 3.63) is 57.8 Å². The predicted molar refractivity (Wildman–Crippen MR) is 116 cm³/mol. The first-order valence-electron chi connectivity index (χ1n) is 9.94. The molecule has 2 N–H and O–H groups in total. The molecule has 1 aromatic rings. The second kappa shape index (κ2) is 7.93. The number of aliphatic imine (C=N–C) groups is 1. The van der Waals surface area contributed by atoms with E-state index in [-0.39, 0.29) is 5.75 Å². The van der Waals surface area contributed by atoms with Gasteiger partial charge in [-0.25, -0.2) is 4.99 Å². The third kappa shape index (κ3) is 3.36. The highest BCUT2D eigenvalue weighted by Crippen LogP contribution is 2.33. The fourth-order valence-corrected chi connectivity index (χ4v) is 3.90. The monoisotopic (exact) mass is 404 g/mol. The molecule has 0 spiro atoms. The SMILES string of the molecule is CNCCC1=CN=c2ccc(=C3N=C4C=CC(=O)C(=O)C4=C3CCN(C)C)c(O)c21. The van der Waals surface area contributed by atoms with Gasteiger partial charge < -0.3 is 15.3 Å². The number of phenolic OH excluding ortho intramolecular Hbond substituents is 1. The van der Waals surface area contributed by atoms with Crippen molar-refractivity contribution in [2.24, 2.45) is 9.98 Å². The zero-order valence-electron chi connectivity index (χ0n) is 17.3. The van der Waals surface area contributed by atoms with Crippen LogP contribution in [0.15, 0.2) is 51.6 Å². The Bertz CT molecular complexity index is 1200. The van der Waals surface area contributed by atoms with Crippen LogP contribution in [0.4, 0.5) is 0 Å². The van der Waals surface area contributed by atoms with Crippen molar-refractivity contribution in [3.8, 4) is 5.75 Å². The number of carbonyl (C=O) groups is 2. The van der Waals surface area contributed by atoms with Gasteiger partial charge in [-0.05, 0) is 76.0 Å². The molecule has 0 bridgehead atoms. The lowest BCUT2D eigenvalue weighted by molar-refractivity contribution is -0.131. The standard InChI is InChI=1S/C23H24N4O3/c1-24-10-8-13-12-25-16-5-4-15(22(29)19(13)16)21-14(9-11-27(2)3)20-17(26-21)6-7-18(28)23(20)30/h4-7,12,24,29H,8-11H2,1-3H3. The van der Waals surface area contributed by atoms with Crippen LogP contribution in [0.1, 0.15) is 18.4 Å². The number of Topliss-reactive ketones (excluding diaryl/α,β-unsaturated/α-hetero) is 1. The summed E-state index contributed by atoms with van der Waals surface area (Å²) in [7, 11) is 5.77. The molecule has 0 aromatic heterocycles. The van der Waals surface area contributed by atoms with E-state index < -0.39 is 11.6 Å². The van der Waals surface area contributed by atoms with Crippen LogP contribution in [-0.2, 0) is 9.59 Å². The first kappa shape index (κ1) is 20.1. The maximum atomic E-state index is 12.6. The van der Waals surface area contributed by atoms with Crippen LogP contribution in [0.2, 0.25) is 0 Å². The minimum Gasteiger partial charge on any atom is -0.507 e. The van der Waals surface area contributed by atoms with Crippen molar-refractivity contribution < 1.29 is 14.7 Å². The number of hydrogen-bond acceptors (Lipinski definition) is 7. The number of nitrogens with zero attached hydrogens (tertiary/aromatic N) is 3. The van der Waals surface area contributed by atoms with E-state index in [0.717, 1.165) is 23.9 Å². The Morgan fingerprint density at radius 3 is 2.67 bits per heavy atom. The minimum atomic E-state index is -0.540. The zero-order valence-corrected chi connectivity index (χ0v) is 17.3. The van der Waals surface area contributed by atoms with Gasteiger partial charge >= 0.3 is 0 Å². The van der Waals surface area contributed by atoms with E-state index in [1.807, 2.05) is 32.1 Å². The molecule has 30 heavy (non-hydrogen) atoms. The van der Waals surface area contributed by atoms with Gasteiger partial charge in [0, 0.05) is 23.5 Å². The van der Waals surface area contributed by atoms with Crippen LogP contribution in [0.25, 0.3) is 11.3 Å². The Kier molecular flexibility index (Phi) is 5.32. The van der Waals surface area contributed by atoms with E-state index in [0.29, 0.717) is 46.3 Å². The Labute approximate surface area is 174 Å². The average molecular weight is 404 g/mol. The molecular formula is C23H24N4O3. The van der Waals surface area contributed by atoms with Gasteiger partial charge in [0.1, 0.15) is 5.75 Å². The Morgan fingerprint density at radius 2 is 1.93 bits per heavy atom. The average Bonchev–Trinajstić information content (AvgIpc) is 3.30. The summed E-state index contributed by atoms with van der Waals surface area (Å²) in [6.45, 7) is 1.45. The largest absolute Gasteiger partial charge is 0.507 e. The van der Waals surface area contributed by atoms with Crippen molar-refractivity contribution in [2.75, 3.05) is 34.2 Å². The summed E-state index contributed by atoms with van der Waals surface area (Å²) in [4.78, 5) is 35.7. The number of benzene rings is 1. The topological polar surface area (TPSA) is 94.4 Å². The Morgan fingerprint density at radius 1 is 1.13 bits per heavy atom. The van der Waals surface area contributed by atoms with Crippen LogP contribution in [0.5, 0.6) is 5.75 Å². The molecule has 4 rings (SSSR count). The lowest BCUT2D eigenvalue weighted by Crippen LogP contribution is -2.24. The Hall–Kier alpha value is -3.16. The third-order valence-electron chi connectivity index (χ3n) is 5.46. The Balaban J connectivity index is 1.92. The molecule has 1 aliphatic carbocycles. The lowest BCUT2D eigenvalue weighted by Gasteiger charge is -2.14. The van der Waals surface area contributed by atoms with Crippen LogP contribution in [0, 0.1) is 0 Å². The molecule has 7 heteroatoms. The smallest absolute Gasteiger partial charge is 0.235 e. The van der Waals surface area contributed by atoms with Crippen molar-refractivity contribution in [2.45, 2.75) is 12.8 Å². The van der Waals surface area contributed by atoms with Gasteiger partial charge in [-0.15, -0.1) is 0 Å². The van der Waals surface area contributed by atoms with E-state index in [2.05, 4.69) is 15.3 Å². The van der Waals surface area contributed by atoms with Crippen molar-refractivity contribution in [1.82, 2.24) is 10.2 Å². The number of phenols is 1. The van der Waals surface area contributed by atoms with Crippen LogP contribution in [-0.4, -0.2) is 61.5 Å². The first-order valence-corrected chi connectivity index (χ1v) is 9.94. The summed E-state index contributed by atoms with van der Waals surface area (Å²) in [6.07, 6.45) is 5.91. The number of aromatic hydroxyl groups is 1. The van der Waals surface area contributed by atoms with Crippen molar-refractivity contribution in [3.63, 3.8) is 0 Å². The summed E-state index contributed by atoms with van der Waals surface area (Å²) >= 11 is 0. The highest BCUT2D eigenvalue weighted by atomic mass is 16.3. The van der Waals surface area contributed by atoms with E-state index in [9.17, 15) is 14.7 Å². The quantitative estimate of drug-likeness (QED) is 0.674. The van der Waals surface area contributed by atoms with Crippen molar-refractivity contribution >= 4 is 28.5 Å². The van der Waals surface area contributed by atoms with Gasteiger partial charge in [0.05, 0.1) is 22.3 Å². The van der Waals surface area contributed by atoms with Gasteiger partial charge in [-0.1, -0.05) is 0 Å². The maximum absolute atomic E-state index is 12.6. The molecule has 0 unspecified atom stereocenters. The number of rotatable bonds is 6. The molecule has 1 aromatic carbocycles. The van der Waals surface area contributed by atoms with Gasteiger partial charge in [0.25, 0.3) is 0 Å². The number of fused-ring (bicyclic) bond motifs is 2. The summed E-state index contributed by atoms with van der Waals surface area (Å²) in [6, 6.07) is 3.65. The molecule has 3 aliphatic rings. The van der Waals surface area contributed by atoms with Crippen molar-refractivity contribution in [1.29, 1.82) is 0 Å². The van der Waals surface area contributed by atoms with Crippen LogP contribution >= 0.6 is 0 Å². The molecule has 0 fully saturated rings. The van der Waals surface area contributed by atoms with E-state index >= 15 is 0 Å². The summed E-state index contributed by atoms with van der Waals surface area (Å²) in [5.74, 6) is -0.966. The van der Waals surface area contributed by atoms with Gasteiger partial charge in [-0.3, -0.25) is 14.6 Å². The molecular weight excluding hydrogens is 380 g/mol. The normalized spacial score (nSPS) is 19.2. The lowest BCUT2D eigenvalue weighted by atomic mass is 9.91. The van der Waals surface area contributed by atoms with Gasteiger partial charge in [0.15, 0.2) is 0 Å². The van der Waals surface area contributed by atoms with Gasteiger partial charge in [-0.2, -0.15) is 0 Å². The molecule has 154 valence electrons. The third-order valence-corrected chi connectivity index (χ3v) is 5.46. The molecule has 0 saturated carbocycles. The number of nitrogens with one attached hydrogen (secondary N) is 1. The number of carbonyl (C=O) groups excluding carboxylic acids is 2. The van der Waals surface area contributed by atoms with Crippen LogP contribution in [0.3, 0.4) is 0 Å². The van der Waals surface area contributed by atoms with Gasteiger partial charge in [0.2, 0.25) is 11.6 Å². The predicted octanol–water partition coefficient (Wildman–Crippen LogP) is 0.495. The maximum Gasteiger partial charge on any atom is 0.235 e. The number of allylic oxidation sites excluding steroid dienone is 3. The van der Waals surface area contributed by atoms with Crippen LogP contribution < -0.4 is 15.9 Å². The highest BCUT2D eigenvalue weighted by molar-refractivity contribution is 6.58. The molecule has 2 aliphatic heterocycles. The summed E-state index contributed by atoms with van der Waals surface area (Å²) < 4.78 is 0. The fourth-order valence-electron chi connectivity index (χ4n) is 3.90. The second-order valence-electron chi connectivity index (χ2n) is 7.77. The van der Waals surface area contributed by atoms with E-state index in [4.69, 9.17) is 0 Å². The second-order valence-corrected chi connectivity index (χ2v) is 7.77. The number of hydrogen-bond donors (Lipinski definition) is 2. The first-order chi connectivity index (χ1) is 14.4. The highest BCUT2D eigenvalue weighted by Gasteiger charge is 2.34. The summed E-state index contributed by atoms with van der Waals surface area (Å²) in [5.41, 5.74) is 3.76. The number of ketones is 2. The van der Waals surface area contributed by atoms with E-state index in [1.54, 1.807) is 18.3 Å². The molecule has 7 nitrogen and oxygen atoms in total. The molecule has 0 radical (unpaired) electrons. The molecule has 0 amide bonds. The summed E-state index contributed by atoms with van der Waals surface area (Å²) in [5, 5.41) is 15.6.